The van der Waals surface area contributed by atoms with E-state index in [1.807, 2.05) is 34.4 Å². The summed E-state index contributed by atoms with van der Waals surface area (Å²) in [6, 6.07) is -0.280. The number of halogens is 1. The maximum absolute atomic E-state index is 12.9. The van der Waals surface area contributed by atoms with Crippen LogP contribution in [0.15, 0.2) is 4.79 Å². The highest BCUT2D eigenvalue weighted by atomic mass is 127. The van der Waals surface area contributed by atoms with Crippen LogP contribution in [-0.4, -0.2) is 68.3 Å². The quantitative estimate of drug-likeness (QED) is 0.551. The molecular weight excluding hydrogens is 507 g/mol. The van der Waals surface area contributed by atoms with Crippen LogP contribution in [-0.2, 0) is 11.8 Å². The number of fused-ring (bicyclic) bond motifs is 1. The Kier molecular flexibility index (Phi) is 5.24. The molecule has 30 heavy (non-hydrogen) atoms. The summed E-state index contributed by atoms with van der Waals surface area (Å²) in [6.07, 6.45) is 0.138. The largest absolute Gasteiger partial charge is 0.465 e. The molecule has 0 radical (unpaired) electrons. The fourth-order valence-corrected chi connectivity index (χ4v) is 5.28. The van der Waals surface area contributed by atoms with Gasteiger partial charge >= 0.3 is 6.09 Å². The first kappa shape index (κ1) is 21.0. The van der Waals surface area contributed by atoms with Gasteiger partial charge < -0.3 is 20.1 Å². The van der Waals surface area contributed by atoms with Crippen molar-refractivity contribution in [2.75, 3.05) is 24.6 Å². The Labute approximate surface area is 185 Å². The van der Waals surface area contributed by atoms with Crippen LogP contribution in [0.4, 0.5) is 10.7 Å². The summed E-state index contributed by atoms with van der Waals surface area (Å²) in [5.74, 6) is 0.155. The molecule has 1 spiro atoms. The molecule has 0 unspecified atom stereocenters. The summed E-state index contributed by atoms with van der Waals surface area (Å²) < 4.78 is 8.86. The minimum Gasteiger partial charge on any atom is -0.465 e. The lowest BCUT2D eigenvalue weighted by molar-refractivity contribution is 0.0925. The zero-order valence-corrected chi connectivity index (χ0v) is 19.0. The predicted molar refractivity (Wildman–Crippen MR) is 116 cm³/mol. The second kappa shape index (κ2) is 7.48. The number of carboxylic acid groups (broad SMARTS) is 1. The van der Waals surface area contributed by atoms with Crippen LogP contribution < -0.4 is 15.8 Å². The van der Waals surface area contributed by atoms with Crippen molar-refractivity contribution < 1.29 is 19.4 Å². The van der Waals surface area contributed by atoms with E-state index >= 15 is 0 Å². The van der Waals surface area contributed by atoms with Crippen LogP contribution in [0.1, 0.15) is 31.5 Å². The molecule has 2 aliphatic heterocycles. The van der Waals surface area contributed by atoms with Crippen molar-refractivity contribution in [3.8, 4) is 0 Å². The van der Waals surface area contributed by atoms with Crippen molar-refractivity contribution in [2.45, 2.75) is 38.8 Å². The second-order valence-electron chi connectivity index (χ2n) is 7.99. The van der Waals surface area contributed by atoms with E-state index in [0.29, 0.717) is 47.6 Å². The van der Waals surface area contributed by atoms with E-state index < -0.39 is 6.09 Å². The fraction of sp³-hybridized carbons (Fsp3) is 0.611. The number of hydrogen-bond donors (Lipinski definition) is 2. The molecule has 2 N–H and O–H groups in total. The smallest absolute Gasteiger partial charge is 0.404 e. The highest BCUT2D eigenvalue weighted by Gasteiger charge is 2.50. The summed E-state index contributed by atoms with van der Waals surface area (Å²) in [5.41, 5.74) is -0.280. The van der Waals surface area contributed by atoms with E-state index in [-0.39, 0.29) is 34.7 Å². The van der Waals surface area contributed by atoms with E-state index in [1.54, 1.807) is 7.05 Å². The van der Waals surface area contributed by atoms with Crippen molar-refractivity contribution in [1.82, 2.24) is 24.6 Å². The maximum Gasteiger partial charge on any atom is 0.404 e. The number of piperidine rings is 1. The number of amides is 1. The SMILES string of the molecule is CC(=O)n1nc(I)c2c(=O)n(C)c(N3CCC4(CC3)CO[C@@H](C)[C@H]4NC(=O)O)nc21. The molecule has 0 aliphatic carbocycles. The lowest BCUT2D eigenvalue weighted by atomic mass is 9.73. The lowest BCUT2D eigenvalue weighted by Crippen LogP contribution is -2.54. The van der Waals surface area contributed by atoms with Gasteiger partial charge in [-0.3, -0.25) is 14.2 Å². The van der Waals surface area contributed by atoms with Gasteiger partial charge in [0.15, 0.2) is 5.65 Å². The average Bonchev–Trinajstić information content (AvgIpc) is 3.18. The van der Waals surface area contributed by atoms with Gasteiger partial charge in [-0.2, -0.15) is 14.8 Å². The molecule has 2 saturated heterocycles. The number of rotatable bonds is 2. The summed E-state index contributed by atoms with van der Waals surface area (Å²) in [4.78, 5) is 42.8. The second-order valence-corrected chi connectivity index (χ2v) is 9.01. The van der Waals surface area contributed by atoms with Crippen LogP contribution in [0.25, 0.3) is 11.0 Å². The first-order valence-electron chi connectivity index (χ1n) is 9.67. The topological polar surface area (TPSA) is 132 Å². The molecular formula is C18H23IN6O5. The number of anilines is 1. The Bertz CT molecular complexity index is 1090. The van der Waals surface area contributed by atoms with Crippen LogP contribution in [0, 0.1) is 9.12 Å². The van der Waals surface area contributed by atoms with Gasteiger partial charge in [0.05, 0.1) is 18.8 Å². The Balaban J connectivity index is 1.66. The van der Waals surface area contributed by atoms with Gasteiger partial charge in [-0.1, -0.05) is 0 Å². The Hall–Kier alpha value is -2.22. The molecule has 4 heterocycles. The third-order valence-corrected chi connectivity index (χ3v) is 6.98. The molecule has 12 heteroatoms. The standard InChI is InChI=1S/C18H23IN6O5/c1-9-12(20-17(28)29)18(8-30-9)4-6-24(7-5-18)16-21-14-11(15(27)23(16)3)13(19)22-25(14)10(2)26/h9,12,20H,4-8H2,1-3H3,(H,28,29)/t9-,12+/m0/s1. The zero-order valence-electron chi connectivity index (χ0n) is 16.9. The molecule has 1 amide bonds. The van der Waals surface area contributed by atoms with Crippen molar-refractivity contribution in [3.05, 3.63) is 14.1 Å². The number of carbonyl (C=O) groups excluding carboxylic acids is 1. The third kappa shape index (κ3) is 3.25. The number of nitrogens with zero attached hydrogens (tertiary/aromatic N) is 5. The summed E-state index contributed by atoms with van der Waals surface area (Å²) in [5, 5.41) is 16.3. The minimum atomic E-state index is -1.05. The first-order valence-corrected chi connectivity index (χ1v) is 10.7. The summed E-state index contributed by atoms with van der Waals surface area (Å²) in [6.45, 7) is 4.93. The van der Waals surface area contributed by atoms with E-state index in [9.17, 15) is 19.5 Å². The highest BCUT2D eigenvalue weighted by Crippen LogP contribution is 2.42. The summed E-state index contributed by atoms with van der Waals surface area (Å²) >= 11 is 1.94. The van der Waals surface area contributed by atoms with E-state index in [0.717, 1.165) is 4.68 Å². The van der Waals surface area contributed by atoms with Crippen LogP contribution in [0.5, 0.6) is 0 Å². The molecule has 2 atom stereocenters. The minimum absolute atomic E-state index is 0.196. The molecule has 11 nitrogen and oxygen atoms in total. The first-order chi connectivity index (χ1) is 14.1. The van der Waals surface area contributed by atoms with Crippen LogP contribution >= 0.6 is 22.6 Å². The van der Waals surface area contributed by atoms with Gasteiger partial charge in [0.25, 0.3) is 5.56 Å². The fourth-order valence-electron chi connectivity index (χ4n) is 4.59. The number of ether oxygens (including phenoxy) is 1. The molecule has 2 aromatic heterocycles. The molecule has 2 aliphatic rings. The summed E-state index contributed by atoms with van der Waals surface area (Å²) in [7, 11) is 1.66. The van der Waals surface area contributed by atoms with Gasteiger partial charge in [-0.05, 0) is 42.4 Å². The van der Waals surface area contributed by atoms with E-state index in [2.05, 4.69) is 15.4 Å². The lowest BCUT2D eigenvalue weighted by Gasteiger charge is -2.42. The Morgan fingerprint density at radius 2 is 2.00 bits per heavy atom. The molecule has 4 rings (SSSR count). The highest BCUT2D eigenvalue weighted by molar-refractivity contribution is 14.1. The zero-order chi connectivity index (χ0) is 21.8. The molecule has 0 aromatic carbocycles. The average molecular weight is 530 g/mol. The molecule has 2 fully saturated rings. The molecule has 0 saturated carbocycles. The molecule has 2 aromatic rings. The maximum atomic E-state index is 12.9. The van der Waals surface area contributed by atoms with Crippen molar-refractivity contribution >= 4 is 51.6 Å². The van der Waals surface area contributed by atoms with E-state index in [1.165, 1.54) is 11.5 Å². The number of hydrogen-bond acceptors (Lipinski definition) is 7. The molecule has 162 valence electrons. The number of nitrogens with one attached hydrogen (secondary N) is 1. The predicted octanol–water partition coefficient (Wildman–Crippen LogP) is 1.04. The number of aromatic nitrogens is 4. The van der Waals surface area contributed by atoms with Crippen LogP contribution in [0.3, 0.4) is 0 Å². The Morgan fingerprint density at radius 3 is 2.60 bits per heavy atom. The normalized spacial score (nSPS) is 23.3. The van der Waals surface area contributed by atoms with Crippen molar-refractivity contribution in [3.63, 3.8) is 0 Å². The van der Waals surface area contributed by atoms with Gasteiger partial charge in [-0.25, -0.2) is 4.79 Å². The van der Waals surface area contributed by atoms with Gasteiger partial charge in [0.1, 0.15) is 9.09 Å². The van der Waals surface area contributed by atoms with Crippen LogP contribution in [0.2, 0.25) is 0 Å². The van der Waals surface area contributed by atoms with Gasteiger partial charge in [-0.15, -0.1) is 0 Å². The van der Waals surface area contributed by atoms with Crippen molar-refractivity contribution in [2.24, 2.45) is 12.5 Å². The number of carbonyl (C=O) groups is 2. The van der Waals surface area contributed by atoms with Crippen molar-refractivity contribution in [1.29, 1.82) is 0 Å². The van der Waals surface area contributed by atoms with Gasteiger partial charge in [0, 0.05) is 32.5 Å². The van der Waals surface area contributed by atoms with Gasteiger partial charge in [0.2, 0.25) is 11.9 Å². The third-order valence-electron chi connectivity index (χ3n) is 6.22. The monoisotopic (exact) mass is 530 g/mol. The molecule has 0 bridgehead atoms. The Morgan fingerprint density at radius 1 is 1.33 bits per heavy atom. The van der Waals surface area contributed by atoms with E-state index in [4.69, 9.17) is 4.74 Å².